The maximum absolute atomic E-state index is 12.9. The van der Waals surface area contributed by atoms with Crippen molar-refractivity contribution in [1.82, 2.24) is 15.3 Å². The fraction of sp³-hybridized carbons (Fsp3) is 0.250. The zero-order valence-electron chi connectivity index (χ0n) is 17.9. The first-order valence-electron chi connectivity index (χ1n) is 10.4. The highest BCUT2D eigenvalue weighted by Gasteiger charge is 2.23. The van der Waals surface area contributed by atoms with E-state index in [9.17, 15) is 13.2 Å². The Hall–Kier alpha value is -3.39. The molecule has 0 bridgehead atoms. The number of fused-ring (bicyclic) bond motifs is 1. The second-order valence-corrected chi connectivity index (χ2v) is 10.1. The van der Waals surface area contributed by atoms with E-state index in [1.54, 1.807) is 18.2 Å². The highest BCUT2D eigenvalue weighted by atomic mass is 32.2. The second kappa shape index (κ2) is 9.00. The van der Waals surface area contributed by atoms with Crippen LogP contribution in [0.25, 0.3) is 11.0 Å². The van der Waals surface area contributed by atoms with Gasteiger partial charge in [-0.25, -0.2) is 13.4 Å². The Bertz CT molecular complexity index is 1290. The molecule has 0 aliphatic carbocycles. The number of carbonyl (C=O) groups excluding carboxylic acids is 1. The molecule has 0 saturated heterocycles. The predicted molar refractivity (Wildman–Crippen MR) is 122 cm³/mol. The zero-order valence-corrected chi connectivity index (χ0v) is 18.7. The third-order valence-corrected chi connectivity index (χ3v) is 6.73. The summed E-state index contributed by atoms with van der Waals surface area (Å²) in [5.74, 6) is 0.530. The number of hydrogen-bond acceptors (Lipinski definition) is 5. The first-order valence-corrected chi connectivity index (χ1v) is 12.1. The molecule has 32 heavy (non-hydrogen) atoms. The average Bonchev–Trinajstić information content (AvgIpc) is 3.40. The molecule has 0 fully saturated rings. The van der Waals surface area contributed by atoms with Gasteiger partial charge < -0.3 is 14.7 Å². The molecule has 2 aromatic heterocycles. The van der Waals surface area contributed by atoms with E-state index in [4.69, 9.17) is 4.42 Å². The molecule has 0 unspecified atom stereocenters. The van der Waals surface area contributed by atoms with Crippen LogP contribution in [-0.2, 0) is 15.6 Å². The molecular formula is C24H25N3O4S. The van der Waals surface area contributed by atoms with E-state index >= 15 is 0 Å². The molecule has 7 nitrogen and oxygen atoms in total. The summed E-state index contributed by atoms with van der Waals surface area (Å²) in [6.07, 6.45) is 0.682. The highest BCUT2D eigenvalue weighted by Crippen LogP contribution is 2.23. The number of nitrogens with one attached hydrogen (secondary N) is 2. The van der Waals surface area contributed by atoms with Crippen LogP contribution in [0.4, 0.5) is 0 Å². The molecule has 166 valence electrons. The third kappa shape index (κ3) is 4.91. The highest BCUT2D eigenvalue weighted by molar-refractivity contribution is 7.90. The van der Waals surface area contributed by atoms with Gasteiger partial charge in [0.1, 0.15) is 17.3 Å². The summed E-state index contributed by atoms with van der Waals surface area (Å²) >= 11 is 0. The lowest BCUT2D eigenvalue weighted by Crippen LogP contribution is -2.30. The largest absolute Gasteiger partial charge is 0.455 e. The Morgan fingerprint density at radius 2 is 1.75 bits per heavy atom. The predicted octanol–water partition coefficient (Wildman–Crippen LogP) is 4.65. The van der Waals surface area contributed by atoms with Crippen molar-refractivity contribution in [3.8, 4) is 0 Å². The maximum atomic E-state index is 12.9. The van der Waals surface area contributed by atoms with Gasteiger partial charge in [-0.1, -0.05) is 44.2 Å². The number of H-pyrrole nitrogens is 1. The topological polar surface area (TPSA) is 105 Å². The van der Waals surface area contributed by atoms with E-state index in [-0.39, 0.29) is 28.2 Å². The number of hydrogen-bond donors (Lipinski definition) is 2. The Labute approximate surface area is 186 Å². The van der Waals surface area contributed by atoms with Gasteiger partial charge in [-0.2, -0.15) is 0 Å². The van der Waals surface area contributed by atoms with Crippen LogP contribution in [0.15, 0.2) is 76.0 Å². The molecule has 4 rings (SSSR count). The second-order valence-electron chi connectivity index (χ2n) is 8.13. The van der Waals surface area contributed by atoms with Crippen molar-refractivity contribution in [3.05, 3.63) is 84.1 Å². The summed E-state index contributed by atoms with van der Waals surface area (Å²) < 4.78 is 30.7. The first kappa shape index (κ1) is 21.8. The quantitative estimate of drug-likeness (QED) is 0.406. The van der Waals surface area contributed by atoms with Gasteiger partial charge >= 0.3 is 0 Å². The lowest BCUT2D eigenvalue weighted by molar-refractivity contribution is 0.0900. The summed E-state index contributed by atoms with van der Waals surface area (Å²) in [4.78, 5) is 21.0. The molecule has 8 heteroatoms. The van der Waals surface area contributed by atoms with E-state index in [1.165, 1.54) is 24.3 Å². The van der Waals surface area contributed by atoms with Crippen molar-refractivity contribution in [1.29, 1.82) is 0 Å². The van der Waals surface area contributed by atoms with Crippen LogP contribution in [0.5, 0.6) is 0 Å². The number of carbonyl (C=O) groups is 1. The van der Waals surface area contributed by atoms with Crippen LogP contribution < -0.4 is 5.32 Å². The number of sulfone groups is 1. The summed E-state index contributed by atoms with van der Waals surface area (Å²) in [5.41, 5.74) is 1.73. The van der Waals surface area contributed by atoms with Gasteiger partial charge in [-0.05, 0) is 48.7 Å². The molecule has 1 atom stereocenters. The molecule has 2 N–H and O–H groups in total. The monoisotopic (exact) mass is 451 g/mol. The minimum atomic E-state index is -3.56. The number of para-hydroxylation sites is 2. The van der Waals surface area contributed by atoms with Crippen molar-refractivity contribution in [2.24, 2.45) is 5.92 Å². The lowest BCUT2D eigenvalue weighted by atomic mass is 10.0. The van der Waals surface area contributed by atoms with Crippen LogP contribution in [0, 0.1) is 5.92 Å². The number of furan rings is 1. The van der Waals surface area contributed by atoms with Gasteiger partial charge in [0.05, 0.1) is 22.0 Å². The molecule has 2 aromatic carbocycles. The van der Waals surface area contributed by atoms with E-state index < -0.39 is 15.7 Å². The Morgan fingerprint density at radius 3 is 2.47 bits per heavy atom. The number of benzene rings is 2. The average molecular weight is 452 g/mol. The van der Waals surface area contributed by atoms with Crippen LogP contribution in [0.2, 0.25) is 0 Å². The molecule has 4 aromatic rings. The molecule has 0 spiro atoms. The molecule has 1 amide bonds. The van der Waals surface area contributed by atoms with Crippen LogP contribution in [-0.4, -0.2) is 24.3 Å². The third-order valence-electron chi connectivity index (χ3n) is 5.07. The minimum Gasteiger partial charge on any atom is -0.455 e. The van der Waals surface area contributed by atoms with Crippen molar-refractivity contribution in [3.63, 3.8) is 0 Å². The van der Waals surface area contributed by atoms with Crippen molar-refractivity contribution >= 4 is 26.8 Å². The van der Waals surface area contributed by atoms with Gasteiger partial charge in [0, 0.05) is 0 Å². The van der Waals surface area contributed by atoms with Crippen molar-refractivity contribution in [2.45, 2.75) is 37.0 Å². The van der Waals surface area contributed by atoms with E-state index in [2.05, 4.69) is 29.1 Å². The normalized spacial score (nSPS) is 12.8. The fourth-order valence-corrected chi connectivity index (χ4v) is 4.82. The van der Waals surface area contributed by atoms with Crippen LogP contribution in [0.3, 0.4) is 0 Å². The lowest BCUT2D eigenvalue weighted by Gasteiger charge is -2.18. The van der Waals surface area contributed by atoms with Gasteiger partial charge in [0.2, 0.25) is 0 Å². The summed E-state index contributed by atoms with van der Waals surface area (Å²) in [6.45, 7) is 4.14. The molecular weight excluding hydrogens is 426 g/mol. The van der Waals surface area contributed by atoms with Gasteiger partial charge in [-0.15, -0.1) is 0 Å². The summed E-state index contributed by atoms with van der Waals surface area (Å²) in [6, 6.07) is 18.5. The van der Waals surface area contributed by atoms with Crippen LogP contribution in [0.1, 0.15) is 48.4 Å². The number of rotatable bonds is 8. The Balaban J connectivity index is 1.51. The number of imidazole rings is 1. The molecule has 0 saturated carbocycles. The molecule has 0 aliphatic rings. The number of aromatic amines is 1. The smallest absolute Gasteiger partial charge is 0.287 e. The SMILES string of the molecule is CC(C)C[C@H](NC(=O)c1ccc(CS(=O)(=O)c2ccccc2)o1)c1nc2ccccc2[nH]1. The van der Waals surface area contributed by atoms with Gasteiger partial charge in [-0.3, -0.25) is 4.79 Å². The zero-order chi connectivity index (χ0) is 22.7. The number of nitrogens with zero attached hydrogens (tertiary/aromatic N) is 1. The minimum absolute atomic E-state index is 0.0631. The number of aromatic nitrogens is 2. The fourth-order valence-electron chi connectivity index (χ4n) is 3.55. The number of amides is 1. The molecule has 0 aliphatic heterocycles. The van der Waals surface area contributed by atoms with Gasteiger partial charge in [0.25, 0.3) is 5.91 Å². The van der Waals surface area contributed by atoms with E-state index in [0.717, 1.165) is 11.0 Å². The van der Waals surface area contributed by atoms with Crippen molar-refractivity contribution in [2.75, 3.05) is 0 Å². The molecule has 0 radical (unpaired) electrons. The molecule has 2 heterocycles. The standard InChI is InChI=1S/C24H25N3O4S/c1-16(2)14-21(23-25-19-10-6-7-11-20(19)26-23)27-24(28)22-13-12-17(31-22)15-32(29,30)18-8-4-3-5-9-18/h3-13,16,21H,14-15H2,1-2H3,(H,25,26)(H,27,28)/t21-/m0/s1. The summed E-state index contributed by atoms with van der Waals surface area (Å²) in [5, 5.41) is 2.97. The summed E-state index contributed by atoms with van der Waals surface area (Å²) in [7, 11) is -3.56. The van der Waals surface area contributed by atoms with E-state index in [0.29, 0.717) is 18.2 Å². The van der Waals surface area contributed by atoms with Gasteiger partial charge in [0.15, 0.2) is 15.6 Å². The van der Waals surface area contributed by atoms with Crippen molar-refractivity contribution < 1.29 is 17.6 Å². The Morgan fingerprint density at radius 1 is 1.03 bits per heavy atom. The maximum Gasteiger partial charge on any atom is 0.287 e. The Kier molecular flexibility index (Phi) is 6.14. The first-order chi connectivity index (χ1) is 15.3. The van der Waals surface area contributed by atoms with Crippen LogP contribution >= 0.6 is 0 Å². The van der Waals surface area contributed by atoms with E-state index in [1.807, 2.05) is 24.3 Å².